The summed E-state index contributed by atoms with van der Waals surface area (Å²) in [5.74, 6) is 0. The Hall–Kier alpha value is -0.800. The minimum absolute atomic E-state index is 0.444. The Kier molecular flexibility index (Phi) is 5.75. The number of rotatable bonds is 7. The summed E-state index contributed by atoms with van der Waals surface area (Å²) < 4.78 is 11.0. The van der Waals surface area contributed by atoms with Gasteiger partial charge in [-0.2, -0.15) is 0 Å². The first-order valence-corrected chi connectivity index (χ1v) is 7.24. The SMILES string of the molecule is CCCNC(Cc1ccoc1)CC1CCCCO1. The molecule has 3 nitrogen and oxygen atoms in total. The minimum atomic E-state index is 0.444. The van der Waals surface area contributed by atoms with E-state index < -0.39 is 0 Å². The van der Waals surface area contributed by atoms with E-state index in [4.69, 9.17) is 9.15 Å². The Morgan fingerprint density at radius 3 is 3.06 bits per heavy atom. The highest BCUT2D eigenvalue weighted by Crippen LogP contribution is 2.19. The molecule has 1 aliphatic rings. The summed E-state index contributed by atoms with van der Waals surface area (Å²) in [6, 6.07) is 2.56. The zero-order valence-electron chi connectivity index (χ0n) is 11.4. The van der Waals surface area contributed by atoms with Crippen molar-refractivity contribution in [2.45, 2.75) is 57.6 Å². The predicted molar refractivity (Wildman–Crippen MR) is 72.7 cm³/mol. The van der Waals surface area contributed by atoms with Crippen LogP contribution in [0.2, 0.25) is 0 Å². The molecule has 2 rings (SSSR count). The summed E-state index contributed by atoms with van der Waals surface area (Å²) in [6.45, 7) is 4.23. The minimum Gasteiger partial charge on any atom is -0.472 e. The van der Waals surface area contributed by atoms with Crippen LogP contribution in [-0.4, -0.2) is 25.3 Å². The number of hydrogen-bond acceptors (Lipinski definition) is 3. The molecule has 0 bridgehead atoms. The largest absolute Gasteiger partial charge is 0.472 e. The van der Waals surface area contributed by atoms with Crippen molar-refractivity contribution in [3.63, 3.8) is 0 Å². The number of hydrogen-bond donors (Lipinski definition) is 1. The standard InChI is InChI=1S/C15H25NO2/c1-2-7-16-14(10-13-6-9-17-12-13)11-15-5-3-4-8-18-15/h6,9,12,14-16H,2-5,7-8,10-11H2,1H3. The molecule has 3 heteroatoms. The van der Waals surface area contributed by atoms with E-state index in [0.717, 1.165) is 26.0 Å². The van der Waals surface area contributed by atoms with Crippen LogP contribution in [0.1, 0.15) is 44.6 Å². The number of ether oxygens (including phenoxy) is 1. The van der Waals surface area contributed by atoms with E-state index in [9.17, 15) is 0 Å². The van der Waals surface area contributed by atoms with Crippen LogP contribution in [0.5, 0.6) is 0 Å². The maximum Gasteiger partial charge on any atom is 0.0935 e. The fourth-order valence-electron chi connectivity index (χ4n) is 2.59. The van der Waals surface area contributed by atoms with Crippen LogP contribution in [0.3, 0.4) is 0 Å². The fraction of sp³-hybridized carbons (Fsp3) is 0.733. The average molecular weight is 251 g/mol. The van der Waals surface area contributed by atoms with Gasteiger partial charge in [0.2, 0.25) is 0 Å². The lowest BCUT2D eigenvalue weighted by molar-refractivity contribution is 0.00525. The van der Waals surface area contributed by atoms with Gasteiger partial charge in [-0.05, 0) is 56.7 Å². The molecule has 1 aromatic heterocycles. The normalized spacial score (nSPS) is 21.9. The van der Waals surface area contributed by atoms with E-state index in [1.807, 2.05) is 6.26 Å². The molecule has 1 aliphatic heterocycles. The van der Waals surface area contributed by atoms with Crippen molar-refractivity contribution in [1.29, 1.82) is 0 Å². The van der Waals surface area contributed by atoms with E-state index in [2.05, 4.69) is 18.3 Å². The van der Waals surface area contributed by atoms with E-state index in [0.29, 0.717) is 12.1 Å². The van der Waals surface area contributed by atoms with Gasteiger partial charge >= 0.3 is 0 Å². The topological polar surface area (TPSA) is 34.4 Å². The van der Waals surface area contributed by atoms with Crippen LogP contribution in [0, 0.1) is 0 Å². The monoisotopic (exact) mass is 251 g/mol. The highest BCUT2D eigenvalue weighted by atomic mass is 16.5. The molecular formula is C15H25NO2. The third-order valence-electron chi connectivity index (χ3n) is 3.57. The summed E-state index contributed by atoms with van der Waals surface area (Å²) in [5.41, 5.74) is 1.28. The van der Waals surface area contributed by atoms with Crippen LogP contribution >= 0.6 is 0 Å². The fourth-order valence-corrected chi connectivity index (χ4v) is 2.59. The lowest BCUT2D eigenvalue weighted by Crippen LogP contribution is -2.36. The molecule has 1 fully saturated rings. The Labute approximate surface area is 110 Å². The Morgan fingerprint density at radius 1 is 1.44 bits per heavy atom. The van der Waals surface area contributed by atoms with E-state index in [1.54, 1.807) is 6.26 Å². The molecule has 2 heterocycles. The van der Waals surface area contributed by atoms with E-state index >= 15 is 0 Å². The molecule has 0 saturated carbocycles. The third-order valence-corrected chi connectivity index (χ3v) is 3.57. The number of furan rings is 1. The lowest BCUT2D eigenvalue weighted by atomic mass is 9.98. The molecule has 0 spiro atoms. The Bertz CT molecular complexity index is 304. The Morgan fingerprint density at radius 2 is 2.39 bits per heavy atom. The second-order valence-electron chi connectivity index (χ2n) is 5.21. The van der Waals surface area contributed by atoms with Crippen molar-refractivity contribution < 1.29 is 9.15 Å². The van der Waals surface area contributed by atoms with Gasteiger partial charge in [0, 0.05) is 12.6 Å². The summed E-state index contributed by atoms with van der Waals surface area (Å²) >= 11 is 0. The molecule has 0 amide bonds. The molecule has 2 unspecified atom stereocenters. The molecule has 18 heavy (non-hydrogen) atoms. The van der Waals surface area contributed by atoms with Gasteiger partial charge in [-0.25, -0.2) is 0 Å². The molecule has 2 atom stereocenters. The first kappa shape index (κ1) is 13.6. The molecule has 1 saturated heterocycles. The van der Waals surface area contributed by atoms with Crippen molar-refractivity contribution in [1.82, 2.24) is 5.32 Å². The maximum atomic E-state index is 5.84. The molecule has 1 aromatic rings. The summed E-state index contributed by atoms with van der Waals surface area (Å²) in [5, 5.41) is 3.63. The van der Waals surface area contributed by atoms with Gasteiger partial charge in [0.25, 0.3) is 0 Å². The van der Waals surface area contributed by atoms with Crippen LogP contribution in [-0.2, 0) is 11.2 Å². The van der Waals surface area contributed by atoms with Crippen LogP contribution in [0.15, 0.2) is 23.0 Å². The van der Waals surface area contributed by atoms with E-state index in [-0.39, 0.29) is 0 Å². The summed E-state index contributed by atoms with van der Waals surface area (Å²) in [6.07, 6.45) is 11.1. The predicted octanol–water partition coefficient (Wildman–Crippen LogP) is 3.15. The van der Waals surface area contributed by atoms with Gasteiger partial charge in [-0.3, -0.25) is 0 Å². The average Bonchev–Trinajstić information content (AvgIpc) is 2.90. The van der Waals surface area contributed by atoms with Gasteiger partial charge in [0.1, 0.15) is 0 Å². The van der Waals surface area contributed by atoms with Crippen molar-refractivity contribution in [3.8, 4) is 0 Å². The zero-order chi connectivity index (χ0) is 12.6. The summed E-state index contributed by atoms with van der Waals surface area (Å²) in [7, 11) is 0. The second kappa shape index (κ2) is 7.59. The van der Waals surface area contributed by atoms with Crippen LogP contribution < -0.4 is 5.32 Å². The van der Waals surface area contributed by atoms with Crippen molar-refractivity contribution >= 4 is 0 Å². The molecule has 102 valence electrons. The lowest BCUT2D eigenvalue weighted by Gasteiger charge is -2.27. The first-order valence-electron chi connectivity index (χ1n) is 7.24. The van der Waals surface area contributed by atoms with Gasteiger partial charge in [-0.15, -0.1) is 0 Å². The van der Waals surface area contributed by atoms with Crippen LogP contribution in [0.25, 0.3) is 0 Å². The quantitative estimate of drug-likeness (QED) is 0.808. The molecule has 0 aromatic carbocycles. The number of nitrogens with one attached hydrogen (secondary N) is 1. The third kappa shape index (κ3) is 4.46. The molecule has 1 N–H and O–H groups in total. The molecule has 0 radical (unpaired) electrons. The van der Waals surface area contributed by atoms with Crippen molar-refractivity contribution in [2.24, 2.45) is 0 Å². The maximum absolute atomic E-state index is 5.84. The van der Waals surface area contributed by atoms with Crippen molar-refractivity contribution in [2.75, 3.05) is 13.2 Å². The van der Waals surface area contributed by atoms with Gasteiger partial charge < -0.3 is 14.5 Å². The first-order chi connectivity index (χ1) is 8.88. The smallest absolute Gasteiger partial charge is 0.0935 e. The highest BCUT2D eigenvalue weighted by Gasteiger charge is 2.19. The molecular weight excluding hydrogens is 226 g/mol. The highest BCUT2D eigenvalue weighted by molar-refractivity contribution is 5.07. The van der Waals surface area contributed by atoms with Crippen LogP contribution in [0.4, 0.5) is 0 Å². The van der Waals surface area contributed by atoms with Gasteiger partial charge in [0.15, 0.2) is 0 Å². The second-order valence-corrected chi connectivity index (χ2v) is 5.21. The Balaban J connectivity index is 1.83. The van der Waals surface area contributed by atoms with Gasteiger partial charge in [0.05, 0.1) is 18.6 Å². The summed E-state index contributed by atoms with van der Waals surface area (Å²) in [4.78, 5) is 0. The molecule has 0 aliphatic carbocycles. The zero-order valence-corrected chi connectivity index (χ0v) is 11.4. The van der Waals surface area contributed by atoms with E-state index in [1.165, 1.54) is 31.2 Å². The van der Waals surface area contributed by atoms with Crippen molar-refractivity contribution in [3.05, 3.63) is 24.2 Å². The van der Waals surface area contributed by atoms with Gasteiger partial charge in [-0.1, -0.05) is 6.92 Å².